The van der Waals surface area contributed by atoms with Gasteiger partial charge in [-0.1, -0.05) is 6.07 Å². The van der Waals surface area contributed by atoms with Gasteiger partial charge in [-0.2, -0.15) is 0 Å². The minimum absolute atomic E-state index is 0.483. The number of methoxy groups -OCH3 is 2. The maximum absolute atomic E-state index is 5.28. The number of benzene rings is 1. The highest BCUT2D eigenvalue weighted by atomic mass is 16.5. The third kappa shape index (κ3) is 2.99. The Hall–Kier alpha value is -1.06. The van der Waals surface area contributed by atoms with E-state index in [1.807, 2.05) is 6.07 Å². The van der Waals surface area contributed by atoms with E-state index < -0.39 is 0 Å². The van der Waals surface area contributed by atoms with Crippen LogP contribution in [0, 0.1) is 0 Å². The molecule has 0 saturated heterocycles. The normalized spacial score (nSPS) is 18.1. The highest BCUT2D eigenvalue weighted by Crippen LogP contribution is 2.33. The van der Waals surface area contributed by atoms with E-state index in [1.54, 1.807) is 14.2 Å². The highest BCUT2D eigenvalue weighted by Gasteiger charge is 2.22. The van der Waals surface area contributed by atoms with Crippen LogP contribution < -0.4 is 10.1 Å². The lowest BCUT2D eigenvalue weighted by Crippen LogP contribution is -2.21. The Morgan fingerprint density at radius 3 is 3.00 bits per heavy atom. The molecule has 1 aromatic carbocycles. The summed E-state index contributed by atoms with van der Waals surface area (Å²) in [6.07, 6.45) is 3.42. The van der Waals surface area contributed by atoms with Crippen LogP contribution >= 0.6 is 0 Å². The fourth-order valence-corrected chi connectivity index (χ4v) is 2.41. The number of hydrogen-bond acceptors (Lipinski definition) is 3. The van der Waals surface area contributed by atoms with Crippen molar-refractivity contribution >= 4 is 0 Å². The maximum atomic E-state index is 5.28. The largest absolute Gasteiger partial charge is 0.497 e. The lowest BCUT2D eigenvalue weighted by Gasteiger charge is -2.14. The second-order valence-electron chi connectivity index (χ2n) is 4.46. The third-order valence-corrected chi connectivity index (χ3v) is 3.35. The number of ether oxygens (including phenoxy) is 2. The molecule has 1 aromatic rings. The van der Waals surface area contributed by atoms with Crippen LogP contribution in [0.4, 0.5) is 0 Å². The molecule has 94 valence electrons. The second-order valence-corrected chi connectivity index (χ2v) is 4.46. The Morgan fingerprint density at radius 2 is 2.24 bits per heavy atom. The van der Waals surface area contributed by atoms with Gasteiger partial charge in [-0.05, 0) is 49.1 Å². The van der Waals surface area contributed by atoms with Gasteiger partial charge in [0, 0.05) is 19.8 Å². The monoisotopic (exact) mass is 235 g/mol. The van der Waals surface area contributed by atoms with Crippen molar-refractivity contribution in [2.45, 2.75) is 25.3 Å². The molecule has 0 spiro atoms. The van der Waals surface area contributed by atoms with E-state index in [0.717, 1.165) is 25.3 Å². The zero-order valence-electron chi connectivity index (χ0n) is 10.7. The molecule has 0 radical (unpaired) electrons. The predicted molar refractivity (Wildman–Crippen MR) is 68.6 cm³/mol. The smallest absolute Gasteiger partial charge is 0.119 e. The molecule has 0 amide bonds. The van der Waals surface area contributed by atoms with Crippen LogP contribution in [0.3, 0.4) is 0 Å². The highest BCUT2D eigenvalue weighted by molar-refractivity contribution is 5.40. The van der Waals surface area contributed by atoms with Crippen LogP contribution in [0.1, 0.15) is 30.0 Å². The van der Waals surface area contributed by atoms with Gasteiger partial charge in [0.2, 0.25) is 0 Å². The van der Waals surface area contributed by atoms with Crippen molar-refractivity contribution in [1.29, 1.82) is 0 Å². The lowest BCUT2D eigenvalue weighted by molar-refractivity contribution is 0.193. The Morgan fingerprint density at radius 1 is 1.35 bits per heavy atom. The van der Waals surface area contributed by atoms with Crippen LogP contribution in [-0.4, -0.2) is 27.4 Å². The number of fused-ring (bicyclic) bond motifs is 1. The molecule has 0 saturated carbocycles. The molecule has 2 rings (SSSR count). The lowest BCUT2D eigenvalue weighted by atomic mass is 10.1. The summed E-state index contributed by atoms with van der Waals surface area (Å²) in [5.74, 6) is 0.953. The van der Waals surface area contributed by atoms with E-state index in [0.29, 0.717) is 6.04 Å². The van der Waals surface area contributed by atoms with E-state index in [1.165, 1.54) is 24.0 Å². The summed E-state index contributed by atoms with van der Waals surface area (Å²) < 4.78 is 10.3. The van der Waals surface area contributed by atoms with Gasteiger partial charge >= 0.3 is 0 Å². The molecule has 0 bridgehead atoms. The fraction of sp³-hybridized carbons (Fsp3) is 0.571. The molecule has 1 aliphatic rings. The van der Waals surface area contributed by atoms with Gasteiger partial charge in [0.1, 0.15) is 5.75 Å². The molecule has 0 heterocycles. The van der Waals surface area contributed by atoms with E-state index in [2.05, 4.69) is 17.4 Å². The maximum Gasteiger partial charge on any atom is 0.119 e. The summed E-state index contributed by atoms with van der Waals surface area (Å²) in [6.45, 7) is 1.83. The molecule has 17 heavy (non-hydrogen) atoms. The summed E-state index contributed by atoms with van der Waals surface area (Å²) in [6, 6.07) is 6.88. The summed E-state index contributed by atoms with van der Waals surface area (Å²) in [5, 5.41) is 3.59. The van der Waals surface area contributed by atoms with Gasteiger partial charge in [-0.25, -0.2) is 0 Å². The van der Waals surface area contributed by atoms with Gasteiger partial charge < -0.3 is 14.8 Å². The zero-order chi connectivity index (χ0) is 12.1. The first-order chi connectivity index (χ1) is 8.35. The number of hydrogen-bond donors (Lipinski definition) is 1. The first kappa shape index (κ1) is 12.4. The minimum Gasteiger partial charge on any atom is -0.497 e. The summed E-state index contributed by atoms with van der Waals surface area (Å²) in [4.78, 5) is 0. The Balaban J connectivity index is 1.95. The molecule has 3 heteroatoms. The van der Waals surface area contributed by atoms with E-state index >= 15 is 0 Å². The van der Waals surface area contributed by atoms with Crippen molar-refractivity contribution in [3.63, 3.8) is 0 Å². The van der Waals surface area contributed by atoms with E-state index in [9.17, 15) is 0 Å². The quantitative estimate of drug-likeness (QED) is 0.767. The van der Waals surface area contributed by atoms with Gasteiger partial charge in [0.05, 0.1) is 7.11 Å². The molecule has 1 aliphatic carbocycles. The summed E-state index contributed by atoms with van der Waals surface area (Å²) in [7, 11) is 3.47. The fourth-order valence-electron chi connectivity index (χ4n) is 2.41. The van der Waals surface area contributed by atoms with Crippen LogP contribution in [-0.2, 0) is 11.2 Å². The van der Waals surface area contributed by atoms with Gasteiger partial charge in [-0.15, -0.1) is 0 Å². The third-order valence-electron chi connectivity index (χ3n) is 3.35. The standard InChI is InChI=1S/C14H21NO2/c1-16-9-3-8-15-14-7-5-11-4-6-12(17-2)10-13(11)14/h4,6,10,14-15H,3,5,7-9H2,1-2H3. The van der Waals surface area contributed by atoms with Gasteiger partial charge in [0.15, 0.2) is 0 Å². The van der Waals surface area contributed by atoms with Crippen LogP contribution in [0.2, 0.25) is 0 Å². The molecule has 1 unspecified atom stereocenters. The first-order valence-corrected chi connectivity index (χ1v) is 6.24. The predicted octanol–water partition coefficient (Wildman–Crippen LogP) is 2.31. The van der Waals surface area contributed by atoms with Crippen LogP contribution in [0.25, 0.3) is 0 Å². The van der Waals surface area contributed by atoms with Crippen molar-refractivity contribution in [3.8, 4) is 5.75 Å². The van der Waals surface area contributed by atoms with Gasteiger partial charge in [0.25, 0.3) is 0 Å². The summed E-state index contributed by atoms with van der Waals surface area (Å²) in [5.41, 5.74) is 2.86. The molecule has 0 aliphatic heterocycles. The van der Waals surface area contributed by atoms with Crippen LogP contribution in [0.15, 0.2) is 18.2 Å². The summed E-state index contributed by atoms with van der Waals surface area (Å²) >= 11 is 0. The minimum atomic E-state index is 0.483. The molecule has 0 aromatic heterocycles. The Labute approximate surface area is 103 Å². The molecular weight excluding hydrogens is 214 g/mol. The van der Waals surface area contributed by atoms with E-state index in [4.69, 9.17) is 9.47 Å². The van der Waals surface area contributed by atoms with Gasteiger partial charge in [-0.3, -0.25) is 0 Å². The molecule has 1 atom stereocenters. The number of rotatable bonds is 6. The van der Waals surface area contributed by atoms with Crippen molar-refractivity contribution < 1.29 is 9.47 Å². The van der Waals surface area contributed by atoms with Crippen molar-refractivity contribution in [1.82, 2.24) is 5.32 Å². The topological polar surface area (TPSA) is 30.5 Å². The molecule has 3 nitrogen and oxygen atoms in total. The average Bonchev–Trinajstić information content (AvgIpc) is 2.77. The number of nitrogens with one attached hydrogen (secondary N) is 1. The average molecular weight is 235 g/mol. The molecule has 1 N–H and O–H groups in total. The Kier molecular flexibility index (Phi) is 4.40. The first-order valence-electron chi connectivity index (χ1n) is 6.24. The SMILES string of the molecule is COCCCNC1CCc2ccc(OC)cc21. The molecule has 0 fully saturated rings. The zero-order valence-corrected chi connectivity index (χ0v) is 10.7. The Bertz CT molecular complexity index is 365. The van der Waals surface area contributed by atoms with Crippen molar-refractivity contribution in [2.75, 3.05) is 27.4 Å². The van der Waals surface area contributed by atoms with Crippen LogP contribution in [0.5, 0.6) is 5.75 Å². The number of aryl methyl sites for hydroxylation is 1. The second kappa shape index (κ2) is 6.03. The van der Waals surface area contributed by atoms with Crippen molar-refractivity contribution in [2.24, 2.45) is 0 Å². The van der Waals surface area contributed by atoms with Crippen molar-refractivity contribution in [3.05, 3.63) is 29.3 Å². The van der Waals surface area contributed by atoms with E-state index in [-0.39, 0.29) is 0 Å². The molecular formula is C14H21NO2.